The number of aryl methyl sites for hydroxylation is 2. The van der Waals surface area contributed by atoms with Gasteiger partial charge in [-0.2, -0.15) is 0 Å². The van der Waals surface area contributed by atoms with Gasteiger partial charge in [0.1, 0.15) is 0 Å². The van der Waals surface area contributed by atoms with Gasteiger partial charge in [0.15, 0.2) is 0 Å². The van der Waals surface area contributed by atoms with Crippen LogP contribution in [0.3, 0.4) is 0 Å². The first-order chi connectivity index (χ1) is 9.85. The topological polar surface area (TPSA) is 63.2 Å². The predicted molar refractivity (Wildman–Crippen MR) is 84.2 cm³/mol. The van der Waals surface area contributed by atoms with Crippen molar-refractivity contribution in [1.29, 1.82) is 0 Å². The van der Waals surface area contributed by atoms with Crippen molar-refractivity contribution >= 4 is 31.3 Å². The van der Waals surface area contributed by atoms with E-state index in [9.17, 15) is 13.2 Å². The highest BCUT2D eigenvalue weighted by Crippen LogP contribution is 2.34. The van der Waals surface area contributed by atoms with E-state index in [0.717, 1.165) is 29.7 Å². The molecule has 1 fully saturated rings. The summed E-state index contributed by atoms with van der Waals surface area (Å²) in [6.07, 6.45) is 4.05. The number of carbonyl (C=O) groups excluding carboxylic acids is 1. The van der Waals surface area contributed by atoms with Crippen LogP contribution in [0.4, 0.5) is 5.69 Å². The van der Waals surface area contributed by atoms with Crippen LogP contribution in [0.2, 0.25) is 0 Å². The van der Waals surface area contributed by atoms with Crippen molar-refractivity contribution in [2.75, 3.05) is 5.32 Å². The zero-order valence-corrected chi connectivity index (χ0v) is 13.9. The first-order valence-electron chi connectivity index (χ1n) is 7.25. The molecule has 0 saturated heterocycles. The molecule has 1 aromatic carbocycles. The molecule has 1 N–H and O–H groups in total. The van der Waals surface area contributed by atoms with E-state index >= 15 is 0 Å². The van der Waals surface area contributed by atoms with Crippen molar-refractivity contribution in [2.45, 2.75) is 50.8 Å². The Balaban J connectivity index is 2.35. The van der Waals surface area contributed by atoms with Crippen LogP contribution >= 0.6 is 10.7 Å². The summed E-state index contributed by atoms with van der Waals surface area (Å²) < 4.78 is 23.1. The molecule has 0 aromatic heterocycles. The van der Waals surface area contributed by atoms with Crippen LogP contribution in [-0.2, 0) is 26.7 Å². The fourth-order valence-corrected chi connectivity index (χ4v) is 3.20. The Hall–Kier alpha value is -1.07. The SMILES string of the molecule is CCc1cc(S(=O)(=O)Cl)cc(CC)c1NC(=O)CC1CC1. The molecule has 0 aliphatic heterocycles. The molecule has 1 aliphatic rings. The van der Waals surface area contributed by atoms with Gasteiger partial charge in [-0.1, -0.05) is 13.8 Å². The van der Waals surface area contributed by atoms with Gasteiger partial charge in [-0.05, 0) is 54.9 Å². The summed E-state index contributed by atoms with van der Waals surface area (Å²) in [5, 5.41) is 2.95. The van der Waals surface area contributed by atoms with Crippen molar-refractivity contribution in [2.24, 2.45) is 5.92 Å². The molecule has 4 nitrogen and oxygen atoms in total. The third-order valence-corrected chi connectivity index (χ3v) is 5.09. The van der Waals surface area contributed by atoms with Crippen molar-refractivity contribution in [3.63, 3.8) is 0 Å². The zero-order chi connectivity index (χ0) is 15.6. The molecule has 6 heteroatoms. The number of carbonyl (C=O) groups is 1. The summed E-state index contributed by atoms with van der Waals surface area (Å²) in [4.78, 5) is 12.1. The predicted octanol–water partition coefficient (Wildman–Crippen LogP) is 3.48. The number of anilines is 1. The summed E-state index contributed by atoms with van der Waals surface area (Å²) in [6, 6.07) is 3.10. The lowest BCUT2D eigenvalue weighted by atomic mass is 10.0. The average molecular weight is 330 g/mol. The highest BCUT2D eigenvalue weighted by atomic mass is 35.7. The number of halogens is 1. The molecular weight excluding hydrogens is 310 g/mol. The fourth-order valence-electron chi connectivity index (χ4n) is 2.37. The number of nitrogens with one attached hydrogen (secondary N) is 1. The highest BCUT2D eigenvalue weighted by Gasteiger charge is 2.25. The van der Waals surface area contributed by atoms with Crippen LogP contribution in [0.5, 0.6) is 0 Å². The van der Waals surface area contributed by atoms with E-state index in [1.165, 1.54) is 0 Å². The lowest BCUT2D eigenvalue weighted by Crippen LogP contribution is -2.15. The minimum absolute atomic E-state index is 0.00313. The summed E-state index contributed by atoms with van der Waals surface area (Å²) in [5.74, 6) is 0.519. The van der Waals surface area contributed by atoms with Crippen LogP contribution in [0.1, 0.15) is 44.2 Å². The van der Waals surface area contributed by atoms with Crippen LogP contribution in [0.15, 0.2) is 17.0 Å². The molecule has 2 rings (SSSR count). The molecular formula is C15H20ClNO3S. The molecule has 1 aromatic rings. The number of amides is 1. The van der Waals surface area contributed by atoms with Gasteiger partial charge in [-0.25, -0.2) is 8.42 Å². The van der Waals surface area contributed by atoms with Crippen molar-refractivity contribution < 1.29 is 13.2 Å². The Bertz CT molecular complexity index is 626. The van der Waals surface area contributed by atoms with Gasteiger partial charge in [0.05, 0.1) is 4.90 Å². The fraction of sp³-hybridized carbons (Fsp3) is 0.533. The number of rotatable bonds is 6. The van der Waals surface area contributed by atoms with E-state index < -0.39 is 9.05 Å². The molecule has 1 amide bonds. The first kappa shape index (κ1) is 16.3. The lowest BCUT2D eigenvalue weighted by molar-refractivity contribution is -0.116. The molecule has 21 heavy (non-hydrogen) atoms. The molecule has 0 atom stereocenters. The Morgan fingerprint density at radius 2 is 1.76 bits per heavy atom. The van der Waals surface area contributed by atoms with E-state index in [1.807, 2.05) is 13.8 Å². The van der Waals surface area contributed by atoms with Gasteiger partial charge in [-0.3, -0.25) is 4.79 Å². The quantitative estimate of drug-likeness (QED) is 0.813. The second kappa shape index (κ2) is 6.36. The molecule has 0 heterocycles. The van der Waals surface area contributed by atoms with Gasteiger partial charge < -0.3 is 5.32 Å². The number of benzene rings is 1. The van der Waals surface area contributed by atoms with Gasteiger partial charge in [0.25, 0.3) is 9.05 Å². The second-order valence-electron chi connectivity index (χ2n) is 5.46. The lowest BCUT2D eigenvalue weighted by Gasteiger charge is -2.16. The van der Waals surface area contributed by atoms with E-state index in [2.05, 4.69) is 5.32 Å². The number of hydrogen-bond donors (Lipinski definition) is 1. The Morgan fingerprint density at radius 1 is 1.24 bits per heavy atom. The van der Waals surface area contributed by atoms with Gasteiger partial charge in [0, 0.05) is 22.8 Å². The van der Waals surface area contributed by atoms with E-state index in [1.54, 1.807) is 12.1 Å². The number of hydrogen-bond acceptors (Lipinski definition) is 3. The van der Waals surface area contributed by atoms with Gasteiger partial charge in [0.2, 0.25) is 5.91 Å². The average Bonchev–Trinajstić information content (AvgIpc) is 3.21. The maximum atomic E-state index is 12.0. The molecule has 0 bridgehead atoms. The second-order valence-corrected chi connectivity index (χ2v) is 8.02. The van der Waals surface area contributed by atoms with Crippen molar-refractivity contribution in [3.8, 4) is 0 Å². The summed E-state index contributed by atoms with van der Waals surface area (Å²) >= 11 is 0. The summed E-state index contributed by atoms with van der Waals surface area (Å²) in [6.45, 7) is 3.85. The normalized spacial score (nSPS) is 15.0. The first-order valence-corrected chi connectivity index (χ1v) is 9.56. The Kier molecular flexibility index (Phi) is 4.94. The van der Waals surface area contributed by atoms with E-state index in [4.69, 9.17) is 10.7 Å². The smallest absolute Gasteiger partial charge is 0.261 e. The van der Waals surface area contributed by atoms with Crippen molar-refractivity contribution in [3.05, 3.63) is 23.3 Å². The minimum Gasteiger partial charge on any atom is -0.326 e. The molecule has 0 unspecified atom stereocenters. The maximum absolute atomic E-state index is 12.0. The van der Waals surface area contributed by atoms with Crippen LogP contribution in [0.25, 0.3) is 0 Å². The molecule has 0 radical (unpaired) electrons. The van der Waals surface area contributed by atoms with Crippen LogP contribution in [-0.4, -0.2) is 14.3 Å². The van der Waals surface area contributed by atoms with Gasteiger partial charge >= 0.3 is 0 Å². The van der Waals surface area contributed by atoms with Crippen LogP contribution < -0.4 is 5.32 Å². The van der Waals surface area contributed by atoms with Gasteiger partial charge in [-0.15, -0.1) is 0 Å². The summed E-state index contributed by atoms with van der Waals surface area (Å²) in [7, 11) is 1.67. The molecule has 1 aliphatic carbocycles. The maximum Gasteiger partial charge on any atom is 0.261 e. The standard InChI is InChI=1S/C15H20ClNO3S/c1-3-11-8-13(21(16,19)20)9-12(4-2)15(11)17-14(18)7-10-5-6-10/h8-10H,3-7H2,1-2H3,(H,17,18). The van der Waals surface area contributed by atoms with E-state index in [-0.39, 0.29) is 10.8 Å². The molecule has 116 valence electrons. The highest BCUT2D eigenvalue weighted by molar-refractivity contribution is 8.13. The third kappa shape index (κ3) is 4.20. The van der Waals surface area contributed by atoms with Crippen LogP contribution in [0, 0.1) is 5.92 Å². The van der Waals surface area contributed by atoms with E-state index in [0.29, 0.717) is 25.2 Å². The Labute approximate surface area is 130 Å². The minimum atomic E-state index is -3.76. The third-order valence-electron chi connectivity index (χ3n) is 3.75. The largest absolute Gasteiger partial charge is 0.326 e. The monoisotopic (exact) mass is 329 g/mol. The zero-order valence-electron chi connectivity index (χ0n) is 12.3. The van der Waals surface area contributed by atoms with Crippen molar-refractivity contribution in [1.82, 2.24) is 0 Å². The summed E-state index contributed by atoms with van der Waals surface area (Å²) in [5.41, 5.74) is 2.35. The Morgan fingerprint density at radius 3 is 2.14 bits per heavy atom. The molecule has 0 spiro atoms. The molecule has 1 saturated carbocycles.